The molecule has 454 valence electrons. The van der Waals surface area contributed by atoms with Crippen molar-refractivity contribution in [1.82, 2.24) is 4.90 Å². The van der Waals surface area contributed by atoms with Gasteiger partial charge in [0.05, 0.1) is 44.5 Å². The molecule has 0 spiro atoms. The second kappa shape index (κ2) is 22.6. The Balaban J connectivity index is 0.000000351. The minimum absolute atomic E-state index is 0.150. The molecule has 0 saturated heterocycles. The van der Waals surface area contributed by atoms with Crippen molar-refractivity contribution in [2.45, 2.75) is 31.6 Å². The van der Waals surface area contributed by atoms with E-state index in [9.17, 15) is 33.9 Å². The van der Waals surface area contributed by atoms with Crippen molar-refractivity contribution >= 4 is 57.6 Å². The van der Waals surface area contributed by atoms with Gasteiger partial charge in [-0.2, -0.15) is 0 Å². The van der Waals surface area contributed by atoms with Crippen molar-refractivity contribution in [3.05, 3.63) is 339 Å². The topological polar surface area (TPSA) is 151 Å². The Labute approximate surface area is 541 Å². The van der Waals surface area contributed by atoms with E-state index in [0.717, 1.165) is 65.1 Å². The number of benzene rings is 12. The number of hydrogen-bond acceptors (Lipinski definition) is 9. The van der Waals surface area contributed by atoms with Crippen LogP contribution in [0, 0.1) is 6.92 Å². The lowest BCUT2D eigenvalue weighted by molar-refractivity contribution is -0.124. The SMILES string of the molecule is CC(=O)N(C(C)=O)c1cccc2cc(O)ccc12.Cc1ccc(C2(c3ccc(N4C(=O)c5ccc(Oc6ccc(C7(c8ccc(Oc9ccc%10c(c9)C(=O)N(C)C%10=O)cc8)c8ccccc8-c8ccccc87)cc6)cc5C4=O)cc3)c3ccccc3-c3ccccc32)cc1. The van der Waals surface area contributed by atoms with Crippen LogP contribution < -0.4 is 19.3 Å². The maximum atomic E-state index is 14.4. The van der Waals surface area contributed by atoms with Gasteiger partial charge in [0.25, 0.3) is 23.6 Å². The van der Waals surface area contributed by atoms with E-state index in [4.69, 9.17) is 9.47 Å². The standard InChI is InChI=1S/C68H44N2O6.C14H13NO3/c1-41-19-21-42(22-20-41)67(59-15-7-3-11-51(59)52-12-4-8-16-60(52)67)43-23-29-46(30-24-43)70-65(73)56-38-36-50(40-58(56)66(70)74)76-48-33-27-45(28-34-48)68(61-17-9-5-13-53(61)54-14-6-10-18-62(54)68)44-25-31-47(32-26-44)75-49-35-37-55-57(39-49)64(72)69(2)63(55)71;1-9(16)15(10(2)17)14-5-3-4-11-8-12(18)6-7-13(11)14/h3-40H,1-2H3;3-8,18H,1-2H3. The van der Waals surface area contributed by atoms with Gasteiger partial charge in [0.1, 0.15) is 28.7 Å². The van der Waals surface area contributed by atoms with Crippen LogP contribution in [-0.2, 0) is 20.4 Å². The Morgan fingerprint density at radius 2 is 0.766 bits per heavy atom. The van der Waals surface area contributed by atoms with Crippen molar-refractivity contribution in [1.29, 1.82) is 0 Å². The number of carbonyl (C=O) groups is 6. The first-order valence-corrected chi connectivity index (χ1v) is 30.8. The molecule has 4 aliphatic rings. The third kappa shape index (κ3) is 9.12. The molecule has 0 unspecified atom stereocenters. The molecule has 1 N–H and O–H groups in total. The lowest BCUT2D eigenvalue weighted by atomic mass is 9.67. The van der Waals surface area contributed by atoms with E-state index in [1.807, 2.05) is 42.5 Å². The van der Waals surface area contributed by atoms with Gasteiger partial charge >= 0.3 is 0 Å². The number of amides is 6. The number of ether oxygens (including phenoxy) is 2. The average molecular weight is 1230 g/mol. The van der Waals surface area contributed by atoms with E-state index in [2.05, 4.69) is 165 Å². The van der Waals surface area contributed by atoms with Gasteiger partial charge in [-0.3, -0.25) is 38.6 Å². The number of anilines is 2. The number of carbonyl (C=O) groups excluding carboxylic acids is 6. The van der Waals surface area contributed by atoms with Gasteiger partial charge < -0.3 is 14.6 Å². The van der Waals surface area contributed by atoms with Crippen LogP contribution in [0.1, 0.15) is 105 Å². The van der Waals surface area contributed by atoms with Crippen LogP contribution in [-0.4, -0.2) is 52.5 Å². The zero-order valence-electron chi connectivity index (χ0n) is 51.5. The number of rotatable bonds is 10. The summed E-state index contributed by atoms with van der Waals surface area (Å²) in [7, 11) is 1.48. The van der Waals surface area contributed by atoms with Crippen LogP contribution in [0.3, 0.4) is 0 Å². The van der Waals surface area contributed by atoms with Crippen LogP contribution in [0.2, 0.25) is 0 Å². The van der Waals surface area contributed by atoms with Crippen LogP contribution in [0.25, 0.3) is 33.0 Å². The summed E-state index contributed by atoms with van der Waals surface area (Å²) < 4.78 is 12.8. The average Bonchev–Trinajstić information content (AvgIpc) is 1.53. The summed E-state index contributed by atoms with van der Waals surface area (Å²) in [6.07, 6.45) is 0. The summed E-state index contributed by atoms with van der Waals surface area (Å²) in [5, 5.41) is 11.0. The van der Waals surface area contributed by atoms with Crippen LogP contribution in [0.4, 0.5) is 11.4 Å². The minimum atomic E-state index is -0.718. The molecule has 12 nitrogen and oxygen atoms in total. The number of phenolic OH excluding ortho intramolecular Hbond substituents is 1. The second-order valence-electron chi connectivity index (χ2n) is 23.9. The molecule has 2 heterocycles. The van der Waals surface area contributed by atoms with Gasteiger partial charge in [0, 0.05) is 26.3 Å². The summed E-state index contributed by atoms with van der Waals surface area (Å²) in [5.74, 6) is 0.0229. The third-order valence-electron chi connectivity index (χ3n) is 18.6. The zero-order chi connectivity index (χ0) is 64.7. The Morgan fingerprint density at radius 1 is 0.383 bits per heavy atom. The van der Waals surface area contributed by atoms with E-state index < -0.39 is 16.7 Å². The molecule has 12 heteroatoms. The molecule has 94 heavy (non-hydrogen) atoms. The monoisotopic (exact) mass is 1230 g/mol. The number of fused-ring (bicyclic) bond motifs is 9. The van der Waals surface area contributed by atoms with Crippen LogP contribution in [0.5, 0.6) is 28.7 Å². The number of phenols is 1. The molecule has 12 aromatic rings. The molecule has 0 bridgehead atoms. The fraction of sp³-hybridized carbons (Fsp3) is 0.0732. The van der Waals surface area contributed by atoms with Gasteiger partial charge in [-0.25, -0.2) is 4.90 Å². The lowest BCUT2D eigenvalue weighted by Crippen LogP contribution is -2.33. The highest BCUT2D eigenvalue weighted by atomic mass is 16.5. The molecule has 12 aromatic carbocycles. The molecule has 2 aliphatic heterocycles. The normalized spacial score (nSPS) is 14.1. The van der Waals surface area contributed by atoms with Crippen molar-refractivity contribution in [3.63, 3.8) is 0 Å². The summed E-state index contributed by atoms with van der Waals surface area (Å²) in [4.78, 5) is 80.4. The number of hydrogen-bond donors (Lipinski definition) is 1. The third-order valence-corrected chi connectivity index (χ3v) is 18.6. The van der Waals surface area contributed by atoms with E-state index >= 15 is 0 Å². The number of nitrogens with zero attached hydrogens (tertiary/aromatic N) is 3. The Morgan fingerprint density at radius 3 is 1.22 bits per heavy atom. The Bertz CT molecular complexity index is 5070. The fourth-order valence-electron chi connectivity index (χ4n) is 14.5. The van der Waals surface area contributed by atoms with Gasteiger partial charge in [-0.05, 0) is 176 Å². The van der Waals surface area contributed by atoms with Crippen molar-refractivity contribution in [2.75, 3.05) is 16.8 Å². The molecular weight excluding hydrogens is 1170 g/mol. The van der Waals surface area contributed by atoms with E-state index in [0.29, 0.717) is 51.1 Å². The highest BCUT2D eigenvalue weighted by Crippen LogP contribution is 2.58. The molecule has 0 saturated carbocycles. The maximum Gasteiger partial charge on any atom is 0.266 e. The van der Waals surface area contributed by atoms with Crippen molar-refractivity contribution < 1.29 is 43.3 Å². The molecule has 0 atom stereocenters. The summed E-state index contributed by atoms with van der Waals surface area (Å²) in [6.45, 7) is 4.79. The quantitative estimate of drug-likeness (QED) is 0.132. The lowest BCUT2D eigenvalue weighted by Gasteiger charge is -2.34. The molecular formula is C82H57N3O9. The maximum absolute atomic E-state index is 14.4. The largest absolute Gasteiger partial charge is 0.508 e. The van der Waals surface area contributed by atoms with Gasteiger partial charge in [0.15, 0.2) is 0 Å². The smallest absolute Gasteiger partial charge is 0.266 e. The highest BCUT2D eigenvalue weighted by molar-refractivity contribution is 6.34. The molecule has 2 aliphatic carbocycles. The predicted octanol–water partition coefficient (Wildman–Crippen LogP) is 16.8. The first-order valence-electron chi connectivity index (χ1n) is 30.8. The van der Waals surface area contributed by atoms with Gasteiger partial charge in [0.2, 0.25) is 11.8 Å². The van der Waals surface area contributed by atoms with Gasteiger partial charge in [-0.1, -0.05) is 175 Å². The van der Waals surface area contributed by atoms with Crippen molar-refractivity contribution in [2.24, 2.45) is 0 Å². The summed E-state index contributed by atoms with van der Waals surface area (Å²) >= 11 is 0. The van der Waals surface area contributed by atoms with Gasteiger partial charge in [-0.15, -0.1) is 0 Å². The molecule has 6 amide bonds. The van der Waals surface area contributed by atoms with E-state index in [1.165, 1.54) is 59.7 Å². The first-order chi connectivity index (χ1) is 45.6. The van der Waals surface area contributed by atoms with Crippen molar-refractivity contribution in [3.8, 4) is 51.0 Å². The number of aryl methyl sites for hydroxylation is 1. The number of aromatic hydroxyl groups is 1. The first kappa shape index (κ1) is 58.1. The number of imide groups is 3. The second-order valence-corrected chi connectivity index (χ2v) is 23.9. The predicted molar refractivity (Wildman–Crippen MR) is 362 cm³/mol. The van der Waals surface area contributed by atoms with E-state index in [-0.39, 0.29) is 40.8 Å². The highest BCUT2D eigenvalue weighted by Gasteiger charge is 2.48. The zero-order valence-corrected chi connectivity index (χ0v) is 51.5. The molecule has 0 aromatic heterocycles. The fourth-order valence-corrected chi connectivity index (χ4v) is 14.5. The molecule has 16 rings (SSSR count). The summed E-state index contributed by atoms with van der Waals surface area (Å²) in [6, 6.07) is 86.8. The molecule has 0 radical (unpaired) electrons. The Kier molecular flexibility index (Phi) is 14.0. The van der Waals surface area contributed by atoms with E-state index in [1.54, 1.807) is 60.7 Å². The summed E-state index contributed by atoms with van der Waals surface area (Å²) in [5.41, 5.74) is 15.6. The van der Waals surface area contributed by atoms with Crippen LogP contribution in [0.15, 0.2) is 267 Å². The molecule has 0 fully saturated rings. The minimum Gasteiger partial charge on any atom is -0.508 e. The van der Waals surface area contributed by atoms with Crippen LogP contribution >= 0.6 is 0 Å². The Hall–Kier alpha value is -12.3.